The van der Waals surface area contributed by atoms with Crippen molar-refractivity contribution in [3.63, 3.8) is 0 Å². The predicted molar refractivity (Wildman–Crippen MR) is 168 cm³/mol. The first-order valence-electron chi connectivity index (χ1n) is 13.7. The molecule has 9 aromatic rings. The van der Waals surface area contributed by atoms with Crippen molar-refractivity contribution in [1.82, 2.24) is 14.1 Å². The Hall–Kier alpha value is -5.41. The van der Waals surface area contributed by atoms with Crippen LogP contribution in [0.15, 0.2) is 140 Å². The number of para-hydroxylation sites is 4. The lowest BCUT2D eigenvalue weighted by Gasteiger charge is -2.20. The van der Waals surface area contributed by atoms with E-state index in [1.54, 1.807) is 0 Å². The van der Waals surface area contributed by atoms with Gasteiger partial charge in [-0.15, -0.1) is 0 Å². The van der Waals surface area contributed by atoms with Gasteiger partial charge in [0.15, 0.2) is 0 Å². The highest BCUT2D eigenvalue weighted by atomic mass is 15.0. The van der Waals surface area contributed by atoms with Crippen LogP contribution in [0.25, 0.3) is 76.5 Å². The summed E-state index contributed by atoms with van der Waals surface area (Å²) in [6.07, 6.45) is 3.96. The number of hydrogen-bond donors (Lipinski definition) is 0. The lowest BCUT2D eigenvalue weighted by Crippen LogP contribution is -2.03. The number of nitrogens with zero attached hydrogens (tertiary/aromatic N) is 3. The fraction of sp³-hybridized carbons (Fsp3) is 0. The molecule has 3 heterocycles. The van der Waals surface area contributed by atoms with Crippen molar-refractivity contribution in [2.45, 2.75) is 0 Å². The molecule has 0 atom stereocenters. The van der Waals surface area contributed by atoms with Crippen LogP contribution >= 0.6 is 0 Å². The molecular weight excluding hydrogens is 486 g/mol. The van der Waals surface area contributed by atoms with Crippen LogP contribution in [0.3, 0.4) is 0 Å². The predicted octanol–water partition coefficient (Wildman–Crippen LogP) is 9.58. The van der Waals surface area contributed by atoms with E-state index >= 15 is 0 Å². The topological polar surface area (TPSA) is 22.8 Å². The van der Waals surface area contributed by atoms with E-state index in [0.717, 1.165) is 5.39 Å². The van der Waals surface area contributed by atoms with Gasteiger partial charge < -0.3 is 9.13 Å². The summed E-state index contributed by atoms with van der Waals surface area (Å²) in [4.78, 5) is 4.67. The van der Waals surface area contributed by atoms with Gasteiger partial charge in [0.25, 0.3) is 0 Å². The third-order valence-electron chi connectivity index (χ3n) is 8.38. The quantitative estimate of drug-likeness (QED) is 0.213. The largest absolute Gasteiger partial charge is 0.308 e. The first-order valence-corrected chi connectivity index (χ1v) is 13.7. The molecule has 0 fully saturated rings. The minimum absolute atomic E-state index is 1.13. The molecule has 0 spiro atoms. The standard InChI is InChI=1S/C37H23N3/c1-2-16-29-28(15-1)36(39-32-17-7-3-11-24(32)25-12-4-8-18-33(25)39)30-21-22-38-23-31(30)37(29)40-34-19-9-5-13-26(34)27-14-6-10-20-35(27)40/h1-23H. The van der Waals surface area contributed by atoms with Crippen LogP contribution in [0.4, 0.5) is 0 Å². The fourth-order valence-electron chi connectivity index (χ4n) is 6.78. The van der Waals surface area contributed by atoms with Gasteiger partial charge in [0, 0.05) is 55.5 Å². The molecule has 0 saturated heterocycles. The summed E-state index contributed by atoms with van der Waals surface area (Å²) >= 11 is 0. The molecule has 0 amide bonds. The summed E-state index contributed by atoms with van der Waals surface area (Å²) in [5.74, 6) is 0. The second-order valence-corrected chi connectivity index (χ2v) is 10.4. The van der Waals surface area contributed by atoms with Crippen molar-refractivity contribution in [2.75, 3.05) is 0 Å². The van der Waals surface area contributed by atoms with Crippen molar-refractivity contribution in [1.29, 1.82) is 0 Å². The van der Waals surface area contributed by atoms with Gasteiger partial charge in [-0.05, 0) is 30.3 Å². The van der Waals surface area contributed by atoms with E-state index in [9.17, 15) is 0 Å². The van der Waals surface area contributed by atoms with E-state index in [4.69, 9.17) is 0 Å². The molecule has 3 aromatic heterocycles. The van der Waals surface area contributed by atoms with Gasteiger partial charge in [0.05, 0.1) is 33.4 Å². The summed E-state index contributed by atoms with van der Waals surface area (Å²) in [6, 6.07) is 45.9. The number of aromatic nitrogens is 3. The first kappa shape index (κ1) is 21.5. The maximum Gasteiger partial charge on any atom is 0.0636 e. The normalized spacial score (nSPS) is 12.0. The third kappa shape index (κ3) is 2.76. The Bertz CT molecular complexity index is 2110. The molecule has 9 rings (SSSR count). The molecule has 0 bridgehead atoms. The van der Waals surface area contributed by atoms with Crippen LogP contribution in [-0.4, -0.2) is 14.1 Å². The molecular formula is C37H23N3. The maximum atomic E-state index is 4.67. The second-order valence-electron chi connectivity index (χ2n) is 10.4. The Balaban J connectivity index is 1.54. The van der Waals surface area contributed by atoms with E-state index in [1.807, 2.05) is 12.4 Å². The highest BCUT2D eigenvalue weighted by Crippen LogP contribution is 2.43. The Morgan fingerprint density at radius 1 is 0.325 bits per heavy atom. The van der Waals surface area contributed by atoms with E-state index in [0.29, 0.717) is 0 Å². The molecule has 0 saturated carbocycles. The maximum absolute atomic E-state index is 4.67. The molecule has 0 aliphatic rings. The van der Waals surface area contributed by atoms with E-state index in [2.05, 4.69) is 142 Å². The number of hydrogen-bond acceptors (Lipinski definition) is 1. The van der Waals surface area contributed by atoms with Crippen LogP contribution in [0, 0.1) is 0 Å². The van der Waals surface area contributed by atoms with Crippen LogP contribution in [0.2, 0.25) is 0 Å². The number of pyridine rings is 1. The van der Waals surface area contributed by atoms with E-state index < -0.39 is 0 Å². The van der Waals surface area contributed by atoms with Gasteiger partial charge in [0.2, 0.25) is 0 Å². The molecule has 0 N–H and O–H groups in total. The van der Waals surface area contributed by atoms with Crippen molar-refractivity contribution < 1.29 is 0 Å². The number of rotatable bonds is 2. The highest BCUT2D eigenvalue weighted by Gasteiger charge is 2.22. The van der Waals surface area contributed by atoms with Gasteiger partial charge in [0.1, 0.15) is 0 Å². The SMILES string of the molecule is c1ccc2c(-n3c4ccccc4c4ccccc43)c3cnccc3c(-n3c4ccccc4c4ccccc43)c2c1. The highest BCUT2D eigenvalue weighted by molar-refractivity contribution is 6.20. The third-order valence-corrected chi connectivity index (χ3v) is 8.38. The Kier molecular flexibility index (Phi) is 4.33. The van der Waals surface area contributed by atoms with Gasteiger partial charge >= 0.3 is 0 Å². The summed E-state index contributed by atoms with van der Waals surface area (Å²) < 4.78 is 4.89. The fourth-order valence-corrected chi connectivity index (χ4v) is 6.78. The molecule has 3 heteroatoms. The average molecular weight is 510 g/mol. The van der Waals surface area contributed by atoms with Gasteiger partial charge in [-0.3, -0.25) is 4.98 Å². The minimum Gasteiger partial charge on any atom is -0.308 e. The molecule has 6 aromatic carbocycles. The molecule has 0 radical (unpaired) electrons. The molecule has 0 unspecified atom stereocenters. The molecule has 40 heavy (non-hydrogen) atoms. The minimum atomic E-state index is 1.13. The smallest absolute Gasteiger partial charge is 0.0636 e. The first-order chi connectivity index (χ1) is 19.9. The van der Waals surface area contributed by atoms with Crippen molar-refractivity contribution in [3.8, 4) is 11.4 Å². The van der Waals surface area contributed by atoms with Crippen molar-refractivity contribution in [2.24, 2.45) is 0 Å². The zero-order chi connectivity index (χ0) is 26.2. The van der Waals surface area contributed by atoms with Crippen molar-refractivity contribution >= 4 is 65.2 Å². The molecule has 0 aliphatic carbocycles. The Labute approximate surface area is 230 Å². The molecule has 186 valence electrons. The number of fused-ring (bicyclic) bond motifs is 8. The van der Waals surface area contributed by atoms with Gasteiger partial charge in [-0.2, -0.15) is 0 Å². The Morgan fingerprint density at radius 2 is 0.650 bits per heavy atom. The summed E-state index contributed by atoms with van der Waals surface area (Å²) in [5, 5.41) is 9.75. The summed E-state index contributed by atoms with van der Waals surface area (Å²) in [5.41, 5.74) is 7.16. The summed E-state index contributed by atoms with van der Waals surface area (Å²) in [6.45, 7) is 0. The Morgan fingerprint density at radius 3 is 1.07 bits per heavy atom. The van der Waals surface area contributed by atoms with Crippen molar-refractivity contribution in [3.05, 3.63) is 140 Å². The van der Waals surface area contributed by atoms with Crippen LogP contribution in [-0.2, 0) is 0 Å². The molecule has 3 nitrogen and oxygen atoms in total. The lowest BCUT2D eigenvalue weighted by molar-refractivity contribution is 1.19. The van der Waals surface area contributed by atoms with Gasteiger partial charge in [-0.1, -0.05) is 97.1 Å². The summed E-state index contributed by atoms with van der Waals surface area (Å²) in [7, 11) is 0. The van der Waals surface area contributed by atoms with Crippen LogP contribution in [0.1, 0.15) is 0 Å². The van der Waals surface area contributed by atoms with Gasteiger partial charge in [-0.25, -0.2) is 0 Å². The molecule has 0 aliphatic heterocycles. The zero-order valence-electron chi connectivity index (χ0n) is 21.6. The lowest BCUT2D eigenvalue weighted by atomic mass is 9.98. The van der Waals surface area contributed by atoms with Crippen LogP contribution < -0.4 is 0 Å². The van der Waals surface area contributed by atoms with E-state index in [-0.39, 0.29) is 0 Å². The second kappa shape index (κ2) is 8.05. The number of benzene rings is 6. The monoisotopic (exact) mass is 509 g/mol. The average Bonchev–Trinajstić information content (AvgIpc) is 3.53. The van der Waals surface area contributed by atoms with Crippen LogP contribution in [0.5, 0.6) is 0 Å². The van der Waals surface area contributed by atoms with E-state index in [1.165, 1.54) is 71.1 Å². The zero-order valence-corrected chi connectivity index (χ0v) is 21.6.